The number of rotatable bonds is 5. The summed E-state index contributed by atoms with van der Waals surface area (Å²) in [6.07, 6.45) is -1.71. The normalized spacial score (nSPS) is 14.8. The molecule has 2 atom stereocenters. The van der Waals surface area contributed by atoms with Gasteiger partial charge in [-0.3, -0.25) is 4.79 Å². The predicted molar refractivity (Wildman–Crippen MR) is 72.4 cm³/mol. The predicted octanol–water partition coefficient (Wildman–Crippen LogP) is 2.06. The molecule has 106 valence electrons. The van der Waals surface area contributed by atoms with Crippen LogP contribution in [-0.4, -0.2) is 28.9 Å². The fourth-order valence-electron chi connectivity index (χ4n) is 1.52. The summed E-state index contributed by atoms with van der Waals surface area (Å²) in [4.78, 5) is 11.5. The van der Waals surface area contributed by atoms with E-state index in [0.717, 1.165) is 0 Å². The fourth-order valence-corrected chi connectivity index (χ4v) is 1.52. The molecule has 0 amide bonds. The first-order valence-electron chi connectivity index (χ1n) is 6.40. The summed E-state index contributed by atoms with van der Waals surface area (Å²) in [6, 6.07) is 8.92. The Kier molecular flexibility index (Phi) is 5.51. The summed E-state index contributed by atoms with van der Waals surface area (Å²) < 4.78 is 5.05. The smallest absolute Gasteiger partial charge is 0.311 e. The number of ether oxygens (including phenoxy) is 1. The van der Waals surface area contributed by atoms with Crippen molar-refractivity contribution in [1.29, 1.82) is 0 Å². The minimum atomic E-state index is -0.963. The summed E-state index contributed by atoms with van der Waals surface area (Å²) in [5, 5.41) is 19.8. The van der Waals surface area contributed by atoms with Crippen molar-refractivity contribution < 1.29 is 19.7 Å². The van der Waals surface area contributed by atoms with E-state index in [1.807, 2.05) is 6.07 Å². The summed E-state index contributed by atoms with van der Waals surface area (Å²) in [5.74, 6) is -0.311. The molecule has 2 unspecified atom stereocenters. The molecule has 0 heterocycles. The lowest BCUT2D eigenvalue weighted by Crippen LogP contribution is -2.26. The number of hydrogen-bond donors (Lipinski definition) is 2. The third-order valence-corrected chi connectivity index (χ3v) is 2.76. The molecule has 0 saturated heterocycles. The number of carbonyl (C=O) groups is 1. The number of carbonyl (C=O) groups excluding carboxylic acids is 1. The van der Waals surface area contributed by atoms with Crippen LogP contribution in [0.15, 0.2) is 30.3 Å². The van der Waals surface area contributed by atoms with Crippen molar-refractivity contribution in [2.75, 3.05) is 6.61 Å². The maximum atomic E-state index is 11.5. The zero-order chi connectivity index (χ0) is 14.5. The van der Waals surface area contributed by atoms with E-state index >= 15 is 0 Å². The second-order valence-corrected chi connectivity index (χ2v) is 5.60. The second-order valence-electron chi connectivity index (χ2n) is 5.60. The molecule has 1 aromatic rings. The van der Waals surface area contributed by atoms with Gasteiger partial charge in [0.15, 0.2) is 0 Å². The van der Waals surface area contributed by atoms with E-state index in [4.69, 9.17) is 4.74 Å². The zero-order valence-corrected chi connectivity index (χ0v) is 11.7. The van der Waals surface area contributed by atoms with Gasteiger partial charge >= 0.3 is 5.97 Å². The minimum absolute atomic E-state index is 0.0984. The van der Waals surface area contributed by atoms with E-state index in [-0.39, 0.29) is 19.0 Å². The van der Waals surface area contributed by atoms with Gasteiger partial charge in [-0.1, -0.05) is 30.3 Å². The molecule has 19 heavy (non-hydrogen) atoms. The molecule has 4 nitrogen and oxygen atoms in total. The molecule has 0 radical (unpaired) electrons. The first kappa shape index (κ1) is 15.7. The molecule has 0 saturated carbocycles. The van der Waals surface area contributed by atoms with Crippen molar-refractivity contribution in [1.82, 2.24) is 0 Å². The van der Waals surface area contributed by atoms with E-state index < -0.39 is 17.6 Å². The molecule has 0 fully saturated rings. The lowest BCUT2D eigenvalue weighted by molar-refractivity contribution is -0.154. The minimum Gasteiger partial charge on any atom is -0.465 e. The fraction of sp³-hybridized carbons (Fsp3) is 0.533. The van der Waals surface area contributed by atoms with Crippen LogP contribution in [0.2, 0.25) is 0 Å². The first-order valence-corrected chi connectivity index (χ1v) is 6.40. The standard InChI is InChI=1S/C15H22O4/c1-15(2,3)14(18)19-10-9-12(16)13(17)11-7-5-4-6-8-11/h4-8,12-13,16-17H,9-10H2,1-3H3. The Morgan fingerprint density at radius 2 is 1.79 bits per heavy atom. The Hall–Kier alpha value is -1.39. The topological polar surface area (TPSA) is 66.8 Å². The van der Waals surface area contributed by atoms with Crippen molar-refractivity contribution in [3.8, 4) is 0 Å². The number of benzene rings is 1. The second kappa shape index (κ2) is 6.68. The number of aliphatic hydroxyl groups is 2. The van der Waals surface area contributed by atoms with Gasteiger partial charge in [0.05, 0.1) is 18.1 Å². The van der Waals surface area contributed by atoms with Crippen molar-refractivity contribution in [3.63, 3.8) is 0 Å². The van der Waals surface area contributed by atoms with Crippen LogP contribution in [0.4, 0.5) is 0 Å². The largest absolute Gasteiger partial charge is 0.465 e. The molecule has 1 rings (SSSR count). The molecule has 1 aromatic carbocycles. The van der Waals surface area contributed by atoms with Gasteiger partial charge in [-0.25, -0.2) is 0 Å². The lowest BCUT2D eigenvalue weighted by atomic mass is 9.97. The maximum Gasteiger partial charge on any atom is 0.311 e. The van der Waals surface area contributed by atoms with Crippen molar-refractivity contribution in [2.24, 2.45) is 5.41 Å². The average Bonchev–Trinajstić information content (AvgIpc) is 2.37. The van der Waals surface area contributed by atoms with Crippen molar-refractivity contribution >= 4 is 5.97 Å². The van der Waals surface area contributed by atoms with Gasteiger partial charge in [0.25, 0.3) is 0 Å². The van der Waals surface area contributed by atoms with E-state index in [0.29, 0.717) is 5.56 Å². The SMILES string of the molecule is CC(C)(C)C(=O)OCCC(O)C(O)c1ccccc1. The van der Waals surface area contributed by atoms with Crippen molar-refractivity contribution in [3.05, 3.63) is 35.9 Å². The summed E-state index contributed by atoms with van der Waals surface area (Å²) in [5.41, 5.74) is 0.0976. The van der Waals surface area contributed by atoms with Gasteiger partial charge in [-0.15, -0.1) is 0 Å². The summed E-state index contributed by atoms with van der Waals surface area (Å²) >= 11 is 0. The van der Waals surface area contributed by atoms with Gasteiger partial charge in [-0.2, -0.15) is 0 Å². The third-order valence-electron chi connectivity index (χ3n) is 2.76. The van der Waals surface area contributed by atoms with E-state index in [1.165, 1.54) is 0 Å². The Morgan fingerprint density at radius 3 is 2.32 bits per heavy atom. The summed E-state index contributed by atoms with van der Waals surface area (Å²) in [6.45, 7) is 5.40. The van der Waals surface area contributed by atoms with Crippen LogP contribution in [0.25, 0.3) is 0 Å². The molecule has 2 N–H and O–H groups in total. The number of esters is 1. The Morgan fingerprint density at radius 1 is 1.21 bits per heavy atom. The average molecular weight is 266 g/mol. The van der Waals surface area contributed by atoms with Crippen molar-refractivity contribution in [2.45, 2.75) is 39.4 Å². The van der Waals surface area contributed by atoms with E-state index in [9.17, 15) is 15.0 Å². The van der Waals surface area contributed by atoms with E-state index in [1.54, 1.807) is 45.0 Å². The van der Waals surface area contributed by atoms with Gasteiger partial charge < -0.3 is 14.9 Å². The first-order chi connectivity index (χ1) is 8.82. The molecule has 0 aliphatic rings. The van der Waals surface area contributed by atoms with Crippen LogP contribution in [0, 0.1) is 5.41 Å². The van der Waals surface area contributed by atoms with Gasteiger partial charge in [-0.05, 0) is 26.3 Å². The summed E-state index contributed by atoms with van der Waals surface area (Å²) in [7, 11) is 0. The number of aliphatic hydroxyl groups excluding tert-OH is 2. The molecule has 0 bridgehead atoms. The van der Waals surface area contributed by atoms with Crippen LogP contribution >= 0.6 is 0 Å². The van der Waals surface area contributed by atoms with Gasteiger partial charge in [0.2, 0.25) is 0 Å². The van der Waals surface area contributed by atoms with Crippen LogP contribution in [0.3, 0.4) is 0 Å². The van der Waals surface area contributed by atoms with E-state index in [2.05, 4.69) is 0 Å². The molecule has 4 heteroatoms. The Bertz CT molecular complexity index is 394. The van der Waals surface area contributed by atoms with Gasteiger partial charge in [0.1, 0.15) is 6.10 Å². The maximum absolute atomic E-state index is 11.5. The molecule has 0 aliphatic heterocycles. The highest BCUT2D eigenvalue weighted by atomic mass is 16.5. The quantitative estimate of drug-likeness (QED) is 0.801. The molecular weight excluding hydrogens is 244 g/mol. The highest BCUT2D eigenvalue weighted by molar-refractivity contribution is 5.75. The highest BCUT2D eigenvalue weighted by Crippen LogP contribution is 2.19. The zero-order valence-electron chi connectivity index (χ0n) is 11.7. The molecule has 0 aromatic heterocycles. The highest BCUT2D eigenvalue weighted by Gasteiger charge is 2.24. The Labute approximate surface area is 114 Å². The monoisotopic (exact) mass is 266 g/mol. The Balaban J connectivity index is 2.40. The van der Waals surface area contributed by atoms with Crippen LogP contribution < -0.4 is 0 Å². The van der Waals surface area contributed by atoms with Gasteiger partial charge in [0, 0.05) is 6.42 Å². The molecule has 0 aliphatic carbocycles. The third kappa shape index (κ3) is 5.01. The lowest BCUT2D eigenvalue weighted by Gasteiger charge is -2.20. The van der Waals surface area contributed by atoms with Crippen LogP contribution in [0.5, 0.6) is 0 Å². The molecule has 0 spiro atoms. The van der Waals surface area contributed by atoms with Crippen LogP contribution in [0.1, 0.15) is 38.9 Å². The number of hydrogen-bond acceptors (Lipinski definition) is 4. The van der Waals surface area contributed by atoms with Crippen LogP contribution in [-0.2, 0) is 9.53 Å². The molecular formula is C15H22O4.